The number of nitrogen functional groups attached to an aromatic ring is 2. The molecule has 14 heavy (non-hydrogen) atoms. The van der Waals surface area contributed by atoms with E-state index in [1.807, 2.05) is 17.5 Å². The quantitative estimate of drug-likeness (QED) is 0.756. The van der Waals surface area contributed by atoms with Crippen LogP contribution in [0.3, 0.4) is 0 Å². The van der Waals surface area contributed by atoms with Crippen LogP contribution in [0.2, 0.25) is 0 Å². The maximum Gasteiger partial charge on any atom is 0.225 e. The molecule has 0 aliphatic rings. The minimum atomic E-state index is 0.170. The van der Waals surface area contributed by atoms with Crippen LogP contribution in [0.1, 0.15) is 10.7 Å². The van der Waals surface area contributed by atoms with Crippen molar-refractivity contribution >= 4 is 23.2 Å². The van der Waals surface area contributed by atoms with Crippen LogP contribution in [0.15, 0.2) is 17.5 Å². The van der Waals surface area contributed by atoms with Gasteiger partial charge >= 0.3 is 0 Å². The smallest absolute Gasteiger partial charge is 0.225 e. The maximum absolute atomic E-state index is 5.45. The van der Waals surface area contributed by atoms with Crippen LogP contribution in [0, 0.1) is 0 Å². The molecule has 2 rings (SSSR count). The average molecular weight is 207 g/mol. The van der Waals surface area contributed by atoms with E-state index < -0.39 is 0 Å². The molecular formula is C8H9N5S. The van der Waals surface area contributed by atoms with Gasteiger partial charge in [0.25, 0.3) is 0 Å². The maximum atomic E-state index is 5.45. The zero-order chi connectivity index (χ0) is 9.97. The number of nitrogens with two attached hydrogens (primary N) is 2. The fourth-order valence-corrected chi connectivity index (χ4v) is 1.81. The average Bonchev–Trinajstić information content (AvgIpc) is 2.54. The van der Waals surface area contributed by atoms with Crippen LogP contribution in [0.4, 0.5) is 11.9 Å². The van der Waals surface area contributed by atoms with E-state index >= 15 is 0 Å². The predicted molar refractivity (Wildman–Crippen MR) is 55.8 cm³/mol. The molecule has 0 spiro atoms. The Balaban J connectivity index is 2.25. The Morgan fingerprint density at radius 3 is 2.43 bits per heavy atom. The van der Waals surface area contributed by atoms with E-state index in [2.05, 4.69) is 15.0 Å². The molecule has 0 fully saturated rings. The largest absolute Gasteiger partial charge is 0.368 e. The van der Waals surface area contributed by atoms with E-state index in [0.717, 1.165) is 0 Å². The first-order valence-corrected chi connectivity index (χ1v) is 4.90. The monoisotopic (exact) mass is 207 g/mol. The lowest BCUT2D eigenvalue weighted by Crippen LogP contribution is -2.06. The van der Waals surface area contributed by atoms with E-state index in [-0.39, 0.29) is 11.9 Å². The molecule has 0 atom stereocenters. The molecule has 0 unspecified atom stereocenters. The minimum absolute atomic E-state index is 0.170. The van der Waals surface area contributed by atoms with Crippen molar-refractivity contribution in [1.29, 1.82) is 0 Å². The van der Waals surface area contributed by atoms with Crippen LogP contribution >= 0.6 is 11.3 Å². The van der Waals surface area contributed by atoms with E-state index in [9.17, 15) is 0 Å². The van der Waals surface area contributed by atoms with Crippen LogP contribution < -0.4 is 11.5 Å². The van der Waals surface area contributed by atoms with E-state index in [1.165, 1.54) is 4.88 Å². The van der Waals surface area contributed by atoms with Crippen LogP contribution in [-0.4, -0.2) is 15.0 Å². The zero-order valence-electron chi connectivity index (χ0n) is 7.34. The summed E-state index contributed by atoms with van der Waals surface area (Å²) >= 11 is 1.65. The summed E-state index contributed by atoms with van der Waals surface area (Å²) in [6.07, 6.45) is 0.647. The SMILES string of the molecule is Nc1nc(N)nc(Cc2cccs2)n1. The number of aromatic nitrogens is 3. The highest BCUT2D eigenvalue weighted by Crippen LogP contribution is 2.12. The van der Waals surface area contributed by atoms with Gasteiger partial charge in [-0.2, -0.15) is 15.0 Å². The summed E-state index contributed by atoms with van der Waals surface area (Å²) in [6.45, 7) is 0. The van der Waals surface area contributed by atoms with Crippen molar-refractivity contribution in [2.24, 2.45) is 0 Å². The molecule has 0 radical (unpaired) electrons. The molecular weight excluding hydrogens is 198 g/mol. The van der Waals surface area contributed by atoms with Crippen molar-refractivity contribution in [3.8, 4) is 0 Å². The van der Waals surface area contributed by atoms with E-state index in [1.54, 1.807) is 11.3 Å². The third-order valence-corrected chi connectivity index (χ3v) is 2.51. The Labute approximate surface area is 84.8 Å². The minimum Gasteiger partial charge on any atom is -0.368 e. The third-order valence-electron chi connectivity index (χ3n) is 1.63. The molecule has 0 aromatic carbocycles. The molecule has 72 valence electrons. The summed E-state index contributed by atoms with van der Waals surface area (Å²) < 4.78 is 0. The molecule has 2 aromatic rings. The third kappa shape index (κ3) is 1.97. The van der Waals surface area contributed by atoms with Crippen molar-refractivity contribution in [1.82, 2.24) is 15.0 Å². The highest BCUT2D eigenvalue weighted by Gasteiger charge is 2.03. The van der Waals surface area contributed by atoms with Gasteiger partial charge in [-0.25, -0.2) is 0 Å². The Hall–Kier alpha value is -1.69. The molecule has 6 heteroatoms. The lowest BCUT2D eigenvalue weighted by Gasteiger charge is -1.99. The number of hydrogen-bond acceptors (Lipinski definition) is 6. The first-order chi connectivity index (χ1) is 6.74. The summed E-state index contributed by atoms with van der Waals surface area (Å²) in [7, 11) is 0. The van der Waals surface area contributed by atoms with Gasteiger partial charge in [-0.1, -0.05) is 6.07 Å². The van der Waals surface area contributed by atoms with Gasteiger partial charge in [0.2, 0.25) is 11.9 Å². The van der Waals surface area contributed by atoms with Gasteiger partial charge in [0, 0.05) is 11.3 Å². The van der Waals surface area contributed by atoms with E-state index in [0.29, 0.717) is 12.2 Å². The molecule has 0 aliphatic heterocycles. The van der Waals surface area contributed by atoms with Crippen molar-refractivity contribution in [3.63, 3.8) is 0 Å². The lowest BCUT2D eigenvalue weighted by atomic mass is 10.3. The second kappa shape index (κ2) is 3.59. The fourth-order valence-electron chi connectivity index (χ4n) is 1.10. The van der Waals surface area contributed by atoms with Crippen molar-refractivity contribution in [2.75, 3.05) is 11.5 Å². The lowest BCUT2D eigenvalue weighted by molar-refractivity contribution is 0.949. The second-order valence-electron chi connectivity index (χ2n) is 2.72. The molecule has 5 nitrogen and oxygen atoms in total. The summed E-state index contributed by atoms with van der Waals surface area (Å²) in [5.41, 5.74) is 10.9. The number of nitrogens with zero attached hydrogens (tertiary/aromatic N) is 3. The van der Waals surface area contributed by atoms with Crippen molar-refractivity contribution in [2.45, 2.75) is 6.42 Å². The van der Waals surface area contributed by atoms with Crippen LogP contribution in [-0.2, 0) is 6.42 Å². The molecule has 2 heterocycles. The fraction of sp³-hybridized carbons (Fsp3) is 0.125. The molecule has 4 N–H and O–H groups in total. The van der Waals surface area contributed by atoms with Gasteiger partial charge in [0.15, 0.2) is 0 Å². The number of thiophene rings is 1. The topological polar surface area (TPSA) is 90.7 Å². The first kappa shape index (κ1) is 8.89. The van der Waals surface area contributed by atoms with Gasteiger partial charge in [0.1, 0.15) is 5.82 Å². The van der Waals surface area contributed by atoms with Gasteiger partial charge in [-0.3, -0.25) is 0 Å². The van der Waals surface area contributed by atoms with Crippen molar-refractivity contribution < 1.29 is 0 Å². The second-order valence-corrected chi connectivity index (χ2v) is 3.76. The Morgan fingerprint density at radius 2 is 1.86 bits per heavy atom. The molecule has 2 aromatic heterocycles. The van der Waals surface area contributed by atoms with E-state index in [4.69, 9.17) is 11.5 Å². The van der Waals surface area contributed by atoms with Gasteiger partial charge in [0.05, 0.1) is 0 Å². The number of anilines is 2. The summed E-state index contributed by atoms with van der Waals surface area (Å²) in [5, 5.41) is 2.00. The predicted octanol–water partition coefficient (Wildman–Crippen LogP) is 0.688. The Morgan fingerprint density at radius 1 is 1.14 bits per heavy atom. The van der Waals surface area contributed by atoms with Gasteiger partial charge in [-0.05, 0) is 11.4 Å². The molecule has 0 saturated heterocycles. The Kier molecular flexibility index (Phi) is 2.28. The van der Waals surface area contributed by atoms with Crippen LogP contribution in [0.25, 0.3) is 0 Å². The Bertz CT molecular complexity index is 405. The normalized spacial score (nSPS) is 10.3. The van der Waals surface area contributed by atoms with Gasteiger partial charge < -0.3 is 11.5 Å². The number of hydrogen-bond donors (Lipinski definition) is 2. The number of rotatable bonds is 2. The van der Waals surface area contributed by atoms with Crippen molar-refractivity contribution in [3.05, 3.63) is 28.2 Å². The molecule has 0 amide bonds. The highest BCUT2D eigenvalue weighted by atomic mass is 32.1. The molecule has 0 saturated carbocycles. The zero-order valence-corrected chi connectivity index (χ0v) is 8.16. The summed E-state index contributed by atoms with van der Waals surface area (Å²) in [4.78, 5) is 12.9. The van der Waals surface area contributed by atoms with Crippen LogP contribution in [0.5, 0.6) is 0 Å². The molecule has 0 aliphatic carbocycles. The molecule has 0 bridgehead atoms. The van der Waals surface area contributed by atoms with Gasteiger partial charge in [-0.15, -0.1) is 11.3 Å². The highest BCUT2D eigenvalue weighted by molar-refractivity contribution is 7.09. The summed E-state index contributed by atoms with van der Waals surface area (Å²) in [5.74, 6) is 0.950. The first-order valence-electron chi connectivity index (χ1n) is 4.02. The standard InChI is InChI=1S/C8H9N5S/c9-7-11-6(12-8(10)13-7)4-5-2-1-3-14-5/h1-3H,4H2,(H4,9,10,11,12,13). The summed E-state index contributed by atoms with van der Waals surface area (Å²) in [6, 6.07) is 3.99.